The van der Waals surface area contributed by atoms with Crippen LogP contribution < -0.4 is 0 Å². The van der Waals surface area contributed by atoms with Crippen molar-refractivity contribution in [3.05, 3.63) is 88.2 Å². The van der Waals surface area contributed by atoms with Crippen LogP contribution in [0.2, 0.25) is 5.02 Å². The van der Waals surface area contributed by atoms with Crippen molar-refractivity contribution in [2.45, 2.75) is 50.9 Å². The quantitative estimate of drug-likeness (QED) is 0.256. The average molecular weight is 589 g/mol. The highest BCUT2D eigenvalue weighted by molar-refractivity contribution is 6.30. The second kappa shape index (κ2) is 11.1. The van der Waals surface area contributed by atoms with Gasteiger partial charge in [0.1, 0.15) is 17.2 Å². The Balaban J connectivity index is 1.07. The molecule has 1 atom stereocenters. The summed E-state index contributed by atoms with van der Waals surface area (Å²) in [6.45, 7) is 4.15. The van der Waals surface area contributed by atoms with Crippen LogP contribution in [0.1, 0.15) is 52.6 Å². The number of nitrogens with zero attached hydrogens (tertiary/aromatic N) is 6. The number of imidazole rings is 1. The third kappa shape index (κ3) is 5.26. The number of pyridine rings is 1. The van der Waals surface area contributed by atoms with Crippen LogP contribution in [-0.2, 0) is 24.4 Å². The minimum atomic E-state index is -1.05. The topological polar surface area (TPSA) is 98.3 Å². The summed E-state index contributed by atoms with van der Waals surface area (Å²) in [4.78, 5) is 23.2. The molecular formula is C31H30ClFN6O3. The molecule has 2 fully saturated rings. The lowest BCUT2D eigenvalue weighted by Gasteiger charge is -2.32. The predicted octanol–water partition coefficient (Wildman–Crippen LogP) is 5.49. The largest absolute Gasteiger partial charge is 0.477 e. The molecule has 0 aliphatic carbocycles. The van der Waals surface area contributed by atoms with Crippen molar-refractivity contribution < 1.29 is 19.0 Å². The summed E-state index contributed by atoms with van der Waals surface area (Å²) in [5.41, 5.74) is 4.04. The number of aromatic carboxylic acids is 1. The molecule has 0 bridgehead atoms. The maximum Gasteiger partial charge on any atom is 0.354 e. The van der Waals surface area contributed by atoms with E-state index in [9.17, 15) is 14.3 Å². The van der Waals surface area contributed by atoms with Crippen LogP contribution in [0.15, 0.2) is 54.7 Å². The van der Waals surface area contributed by atoms with Gasteiger partial charge in [0, 0.05) is 28.8 Å². The zero-order valence-corrected chi connectivity index (χ0v) is 23.7. The number of carboxylic acids is 1. The van der Waals surface area contributed by atoms with E-state index >= 15 is 0 Å². The molecule has 2 aromatic carbocycles. The number of piperidine rings is 1. The number of carbonyl (C=O) groups is 1. The summed E-state index contributed by atoms with van der Waals surface area (Å²) < 4.78 is 23.9. The van der Waals surface area contributed by atoms with Gasteiger partial charge in [-0.25, -0.2) is 19.2 Å². The van der Waals surface area contributed by atoms with Crippen LogP contribution >= 0.6 is 11.6 Å². The Bertz CT molecular complexity index is 1790. The van der Waals surface area contributed by atoms with E-state index in [0.717, 1.165) is 55.7 Å². The summed E-state index contributed by atoms with van der Waals surface area (Å²) in [6.07, 6.45) is 5.00. The Hall–Kier alpha value is -3.86. The average Bonchev–Trinajstić information content (AvgIpc) is 3.52. The van der Waals surface area contributed by atoms with E-state index in [1.165, 1.54) is 17.7 Å². The van der Waals surface area contributed by atoms with Crippen LogP contribution in [0.3, 0.4) is 0 Å². The zero-order valence-electron chi connectivity index (χ0n) is 22.9. The Morgan fingerprint density at radius 1 is 1.07 bits per heavy atom. The number of ether oxygens (including phenoxy) is 1. The number of hydrogen-bond acceptors (Lipinski definition) is 6. The van der Waals surface area contributed by atoms with Crippen LogP contribution in [0.25, 0.3) is 22.1 Å². The smallest absolute Gasteiger partial charge is 0.354 e. The van der Waals surface area contributed by atoms with Crippen molar-refractivity contribution in [1.29, 1.82) is 0 Å². The predicted molar refractivity (Wildman–Crippen MR) is 156 cm³/mol. The lowest BCUT2D eigenvalue weighted by molar-refractivity contribution is -0.0593. The van der Waals surface area contributed by atoms with Crippen molar-refractivity contribution >= 4 is 39.6 Å². The van der Waals surface area contributed by atoms with Gasteiger partial charge >= 0.3 is 5.97 Å². The van der Waals surface area contributed by atoms with Gasteiger partial charge in [-0.1, -0.05) is 35.9 Å². The second-order valence-electron chi connectivity index (χ2n) is 11.2. The third-order valence-corrected chi connectivity index (χ3v) is 8.66. The number of rotatable bonds is 8. The Labute approximate surface area is 246 Å². The summed E-state index contributed by atoms with van der Waals surface area (Å²) in [5, 5.41) is 15.7. The highest BCUT2D eigenvalue weighted by Gasteiger charge is 2.27. The van der Waals surface area contributed by atoms with Gasteiger partial charge in [-0.3, -0.25) is 9.58 Å². The first-order chi connectivity index (χ1) is 20.4. The standard InChI is InChI=1S/C31H30ClFN6O3/c32-22-5-4-20(25(33)14-22)15-38-16-21-2-1-3-24(29(21)36-38)19-8-11-37(12-9-19)18-28-34-26-6-7-27(31(40)41)35-30(26)39(28)17-23-10-13-42-23/h1-7,14,16,19,23H,8-13,15,17-18H2,(H,40,41). The van der Waals surface area contributed by atoms with Crippen molar-refractivity contribution in [1.82, 2.24) is 29.2 Å². The number of fused-ring (bicyclic) bond motifs is 2. The SMILES string of the molecule is O=C(O)c1ccc2nc(CN3CCC(c4cccc5cn(Cc6ccc(Cl)cc6F)nc45)CC3)n(CC3CCO3)c2n1. The molecule has 0 amide bonds. The van der Waals surface area contributed by atoms with Gasteiger partial charge < -0.3 is 14.4 Å². The third-order valence-electron chi connectivity index (χ3n) is 8.42. The molecule has 0 saturated carbocycles. The van der Waals surface area contributed by atoms with Gasteiger partial charge in [0.15, 0.2) is 11.3 Å². The first-order valence-electron chi connectivity index (χ1n) is 14.2. The van der Waals surface area contributed by atoms with Crippen LogP contribution in [0.5, 0.6) is 0 Å². The molecule has 42 heavy (non-hydrogen) atoms. The van der Waals surface area contributed by atoms with Crippen molar-refractivity contribution in [2.75, 3.05) is 19.7 Å². The fourth-order valence-corrected chi connectivity index (χ4v) is 6.23. The van der Waals surface area contributed by atoms with E-state index in [1.807, 2.05) is 10.8 Å². The molecule has 1 N–H and O–H groups in total. The van der Waals surface area contributed by atoms with Crippen LogP contribution in [0.4, 0.5) is 4.39 Å². The number of halogens is 2. The molecule has 9 nitrogen and oxygen atoms in total. The second-order valence-corrected chi connectivity index (χ2v) is 11.6. The zero-order chi connectivity index (χ0) is 28.8. The molecule has 11 heteroatoms. The van der Waals surface area contributed by atoms with E-state index in [1.54, 1.807) is 22.9 Å². The molecule has 2 aliphatic rings. The summed E-state index contributed by atoms with van der Waals surface area (Å²) >= 11 is 5.92. The molecule has 216 valence electrons. The molecular weight excluding hydrogens is 559 g/mol. The summed E-state index contributed by atoms with van der Waals surface area (Å²) in [7, 11) is 0. The Morgan fingerprint density at radius 3 is 2.64 bits per heavy atom. The lowest BCUT2D eigenvalue weighted by Crippen LogP contribution is -2.35. The molecule has 2 aliphatic heterocycles. The van der Waals surface area contributed by atoms with Crippen molar-refractivity contribution in [3.63, 3.8) is 0 Å². The van der Waals surface area contributed by atoms with Gasteiger partial charge in [0.25, 0.3) is 0 Å². The van der Waals surface area contributed by atoms with Gasteiger partial charge in [0.05, 0.1) is 31.3 Å². The van der Waals surface area contributed by atoms with Crippen LogP contribution in [-0.4, -0.2) is 66.1 Å². The summed E-state index contributed by atoms with van der Waals surface area (Å²) in [5.74, 6) is -0.140. The highest BCUT2D eigenvalue weighted by atomic mass is 35.5. The van der Waals surface area contributed by atoms with Crippen LogP contribution in [0, 0.1) is 5.82 Å². The lowest BCUT2D eigenvalue weighted by atomic mass is 9.88. The molecule has 0 spiro atoms. The molecule has 2 saturated heterocycles. The first-order valence-corrected chi connectivity index (χ1v) is 14.6. The maximum atomic E-state index is 14.4. The number of benzene rings is 2. The number of hydrogen-bond donors (Lipinski definition) is 1. The molecule has 7 rings (SSSR count). The Kier molecular flexibility index (Phi) is 7.13. The fourth-order valence-electron chi connectivity index (χ4n) is 6.07. The van der Waals surface area contributed by atoms with Crippen molar-refractivity contribution in [3.8, 4) is 0 Å². The van der Waals surface area contributed by atoms with E-state index in [-0.39, 0.29) is 17.6 Å². The van der Waals surface area contributed by atoms with E-state index < -0.39 is 5.97 Å². The number of aromatic nitrogens is 5. The normalized spacial score (nSPS) is 18.1. The van der Waals surface area contributed by atoms with E-state index in [4.69, 9.17) is 26.4 Å². The monoisotopic (exact) mass is 588 g/mol. The van der Waals surface area contributed by atoms with E-state index in [2.05, 4.69) is 28.1 Å². The maximum absolute atomic E-state index is 14.4. The number of carboxylic acid groups (broad SMARTS) is 1. The molecule has 0 radical (unpaired) electrons. The molecule has 5 heterocycles. The molecule has 5 aromatic rings. The van der Waals surface area contributed by atoms with Crippen molar-refractivity contribution in [2.24, 2.45) is 0 Å². The summed E-state index contributed by atoms with van der Waals surface area (Å²) in [6, 6.07) is 14.3. The minimum absolute atomic E-state index is 0.0143. The number of likely N-dealkylation sites (tertiary alicyclic amines) is 1. The van der Waals surface area contributed by atoms with Gasteiger partial charge in [-0.15, -0.1) is 0 Å². The highest BCUT2D eigenvalue weighted by Crippen LogP contribution is 2.33. The first kappa shape index (κ1) is 27.0. The minimum Gasteiger partial charge on any atom is -0.477 e. The molecule has 3 aromatic heterocycles. The van der Waals surface area contributed by atoms with Gasteiger partial charge in [-0.05, 0) is 68.1 Å². The fraction of sp³-hybridized carbons (Fsp3) is 0.355. The Morgan fingerprint density at radius 2 is 1.90 bits per heavy atom. The van der Waals surface area contributed by atoms with Gasteiger partial charge in [0.2, 0.25) is 0 Å². The van der Waals surface area contributed by atoms with E-state index in [0.29, 0.717) is 47.3 Å². The van der Waals surface area contributed by atoms with Gasteiger partial charge in [-0.2, -0.15) is 5.10 Å². The molecule has 1 unspecified atom stereocenters.